The fourth-order valence-corrected chi connectivity index (χ4v) is 3.30. The van der Waals surface area contributed by atoms with Crippen LogP contribution in [-0.4, -0.2) is 29.8 Å². The number of hydrogen-bond donors (Lipinski definition) is 1. The van der Waals surface area contributed by atoms with Crippen molar-refractivity contribution in [3.8, 4) is 0 Å². The van der Waals surface area contributed by atoms with E-state index in [4.69, 9.17) is 4.74 Å². The van der Waals surface area contributed by atoms with Crippen LogP contribution >= 0.6 is 22.6 Å². The molecule has 22 heavy (non-hydrogen) atoms. The zero-order valence-corrected chi connectivity index (χ0v) is 15.9. The van der Waals surface area contributed by atoms with Crippen LogP contribution in [0.2, 0.25) is 0 Å². The van der Waals surface area contributed by atoms with Gasteiger partial charge in [-0.3, -0.25) is 5.32 Å². The lowest BCUT2D eigenvalue weighted by atomic mass is 10.1. The summed E-state index contributed by atoms with van der Waals surface area (Å²) in [5.41, 5.74) is 1.20. The van der Waals surface area contributed by atoms with Gasteiger partial charge in [-0.2, -0.15) is 0 Å². The second-order valence-electron chi connectivity index (χ2n) is 6.62. The molecule has 1 aromatic heterocycles. The van der Waals surface area contributed by atoms with Gasteiger partial charge in [-0.25, -0.2) is 9.78 Å². The highest BCUT2D eigenvalue weighted by atomic mass is 127. The minimum absolute atomic E-state index is 0.436. The molecule has 0 saturated carbocycles. The highest BCUT2D eigenvalue weighted by Gasteiger charge is 2.22. The second kappa shape index (κ2) is 7.02. The molecule has 1 aliphatic rings. The number of rotatable bonds is 2. The highest BCUT2D eigenvalue weighted by molar-refractivity contribution is 14.1. The predicted molar refractivity (Wildman–Crippen MR) is 97.6 cm³/mol. The topological polar surface area (TPSA) is 54.5 Å². The largest absolute Gasteiger partial charge is 0.444 e. The van der Waals surface area contributed by atoms with E-state index in [0.717, 1.165) is 46.7 Å². The Labute approximate surface area is 146 Å². The summed E-state index contributed by atoms with van der Waals surface area (Å²) in [6, 6.07) is 1.97. The van der Waals surface area contributed by atoms with Crippen molar-refractivity contribution in [1.29, 1.82) is 0 Å². The number of aryl methyl sites for hydroxylation is 1. The smallest absolute Gasteiger partial charge is 0.412 e. The van der Waals surface area contributed by atoms with Crippen LogP contribution < -0.4 is 10.2 Å². The third-order valence-electron chi connectivity index (χ3n) is 3.36. The molecular formula is C16H24IN3O2. The van der Waals surface area contributed by atoms with E-state index in [0.29, 0.717) is 0 Å². The molecule has 5 nitrogen and oxygen atoms in total. The molecule has 0 atom stereocenters. The number of aromatic nitrogens is 1. The van der Waals surface area contributed by atoms with Crippen molar-refractivity contribution < 1.29 is 9.53 Å². The third kappa shape index (κ3) is 4.72. The van der Waals surface area contributed by atoms with Crippen molar-refractivity contribution in [3.05, 3.63) is 15.3 Å². The summed E-state index contributed by atoms with van der Waals surface area (Å²) in [5.74, 6) is 0.856. The summed E-state index contributed by atoms with van der Waals surface area (Å²) < 4.78 is 6.35. The maximum atomic E-state index is 12.1. The van der Waals surface area contributed by atoms with E-state index in [1.165, 1.54) is 6.42 Å². The van der Waals surface area contributed by atoms with Crippen LogP contribution in [0.5, 0.6) is 0 Å². The Hall–Kier alpha value is -1.05. The van der Waals surface area contributed by atoms with Crippen LogP contribution in [0.15, 0.2) is 6.07 Å². The molecule has 122 valence electrons. The number of piperidine rings is 1. The summed E-state index contributed by atoms with van der Waals surface area (Å²) in [6.07, 6.45) is 3.15. The van der Waals surface area contributed by atoms with Gasteiger partial charge in [0.1, 0.15) is 11.3 Å². The van der Waals surface area contributed by atoms with Gasteiger partial charge < -0.3 is 9.64 Å². The van der Waals surface area contributed by atoms with Crippen LogP contribution in [0.25, 0.3) is 0 Å². The molecule has 0 unspecified atom stereocenters. The van der Waals surface area contributed by atoms with Gasteiger partial charge in [0.15, 0.2) is 5.82 Å². The lowest BCUT2D eigenvalue weighted by molar-refractivity contribution is 0.0636. The standard InChI is InChI=1S/C16H24IN3O2/c1-11-10-12(17)13(19-15(21)22-16(2,3)4)14(18-11)20-8-6-5-7-9-20/h10H,5-9H2,1-4H3,(H,19,21). The first-order valence-electron chi connectivity index (χ1n) is 7.68. The van der Waals surface area contributed by atoms with Gasteiger partial charge >= 0.3 is 6.09 Å². The molecule has 2 rings (SSSR count). The van der Waals surface area contributed by atoms with Gasteiger partial charge in [0.25, 0.3) is 0 Å². The second-order valence-corrected chi connectivity index (χ2v) is 7.78. The number of halogens is 1. The Morgan fingerprint density at radius 3 is 2.55 bits per heavy atom. The van der Waals surface area contributed by atoms with E-state index in [-0.39, 0.29) is 0 Å². The van der Waals surface area contributed by atoms with Gasteiger partial charge in [0.2, 0.25) is 0 Å². The van der Waals surface area contributed by atoms with Gasteiger partial charge in [-0.05, 0) is 75.6 Å². The molecule has 1 N–H and O–H groups in total. The molecular weight excluding hydrogens is 393 g/mol. The number of pyridine rings is 1. The molecule has 1 aromatic rings. The number of nitrogens with zero attached hydrogens (tertiary/aromatic N) is 2. The monoisotopic (exact) mass is 417 g/mol. The molecule has 1 amide bonds. The number of ether oxygens (including phenoxy) is 1. The number of amides is 1. The maximum absolute atomic E-state index is 12.1. The normalized spacial score (nSPS) is 15.6. The Morgan fingerprint density at radius 1 is 1.32 bits per heavy atom. The summed E-state index contributed by atoms with van der Waals surface area (Å²) in [6.45, 7) is 9.52. The quantitative estimate of drug-likeness (QED) is 0.728. The van der Waals surface area contributed by atoms with Gasteiger partial charge in [0.05, 0.1) is 0 Å². The minimum atomic E-state index is -0.515. The van der Waals surface area contributed by atoms with E-state index in [9.17, 15) is 4.79 Å². The third-order valence-corrected chi connectivity index (χ3v) is 4.21. The lowest BCUT2D eigenvalue weighted by Crippen LogP contribution is -2.33. The molecule has 6 heteroatoms. The van der Waals surface area contributed by atoms with E-state index in [2.05, 4.69) is 37.8 Å². The maximum Gasteiger partial charge on any atom is 0.412 e. The van der Waals surface area contributed by atoms with Crippen molar-refractivity contribution in [2.45, 2.75) is 52.6 Å². The molecule has 1 aliphatic heterocycles. The van der Waals surface area contributed by atoms with Crippen molar-refractivity contribution >= 4 is 40.2 Å². The zero-order valence-electron chi connectivity index (χ0n) is 13.7. The fraction of sp³-hybridized carbons (Fsp3) is 0.625. The minimum Gasteiger partial charge on any atom is -0.444 e. The molecule has 0 bridgehead atoms. The Balaban J connectivity index is 2.27. The van der Waals surface area contributed by atoms with Crippen molar-refractivity contribution in [2.24, 2.45) is 0 Å². The van der Waals surface area contributed by atoms with E-state index in [1.54, 1.807) is 0 Å². The SMILES string of the molecule is Cc1cc(I)c(NC(=O)OC(C)(C)C)c(N2CCCCC2)n1. The summed E-state index contributed by atoms with van der Waals surface area (Å²) in [7, 11) is 0. The number of anilines is 2. The number of carbonyl (C=O) groups is 1. The van der Waals surface area contributed by atoms with Crippen molar-refractivity contribution in [3.63, 3.8) is 0 Å². The van der Waals surface area contributed by atoms with Crippen LogP contribution in [0.1, 0.15) is 45.7 Å². The molecule has 0 spiro atoms. The summed E-state index contributed by atoms with van der Waals surface area (Å²) >= 11 is 2.24. The highest BCUT2D eigenvalue weighted by Crippen LogP contribution is 2.32. The molecule has 0 aromatic carbocycles. The Bertz CT molecular complexity index is 549. The molecule has 1 saturated heterocycles. The summed E-state index contributed by atoms with van der Waals surface area (Å²) in [5, 5.41) is 2.89. The van der Waals surface area contributed by atoms with Gasteiger partial charge in [0, 0.05) is 22.4 Å². The Kier molecular flexibility index (Phi) is 5.52. The average Bonchev–Trinajstić information content (AvgIpc) is 2.40. The van der Waals surface area contributed by atoms with Crippen LogP contribution in [-0.2, 0) is 4.74 Å². The van der Waals surface area contributed by atoms with E-state index < -0.39 is 11.7 Å². The molecule has 0 aliphatic carbocycles. The first kappa shape index (κ1) is 17.3. The van der Waals surface area contributed by atoms with Crippen molar-refractivity contribution in [2.75, 3.05) is 23.3 Å². The van der Waals surface area contributed by atoms with Gasteiger partial charge in [-0.15, -0.1) is 0 Å². The van der Waals surface area contributed by atoms with E-state index in [1.807, 2.05) is 33.8 Å². The molecule has 1 fully saturated rings. The van der Waals surface area contributed by atoms with Gasteiger partial charge in [-0.1, -0.05) is 0 Å². The number of carbonyl (C=O) groups excluding carboxylic acids is 1. The lowest BCUT2D eigenvalue weighted by Gasteiger charge is -2.30. The van der Waals surface area contributed by atoms with Crippen LogP contribution in [0, 0.1) is 10.5 Å². The van der Waals surface area contributed by atoms with Crippen LogP contribution in [0.4, 0.5) is 16.3 Å². The number of nitrogens with one attached hydrogen (secondary N) is 1. The first-order valence-corrected chi connectivity index (χ1v) is 8.76. The predicted octanol–water partition coefficient (Wildman–Crippen LogP) is 4.33. The Morgan fingerprint density at radius 2 is 1.95 bits per heavy atom. The van der Waals surface area contributed by atoms with Crippen LogP contribution in [0.3, 0.4) is 0 Å². The first-order chi connectivity index (χ1) is 10.3. The zero-order chi connectivity index (χ0) is 16.3. The summed E-state index contributed by atoms with van der Waals surface area (Å²) in [4.78, 5) is 19.0. The van der Waals surface area contributed by atoms with Crippen molar-refractivity contribution in [1.82, 2.24) is 4.98 Å². The molecule has 0 radical (unpaired) electrons. The fourth-order valence-electron chi connectivity index (χ4n) is 2.47. The number of hydrogen-bond acceptors (Lipinski definition) is 4. The van der Waals surface area contributed by atoms with E-state index >= 15 is 0 Å². The molecule has 2 heterocycles. The average molecular weight is 417 g/mol.